The van der Waals surface area contributed by atoms with Crippen molar-refractivity contribution in [1.82, 2.24) is 4.90 Å². The van der Waals surface area contributed by atoms with Gasteiger partial charge >= 0.3 is 21.7 Å². The third-order valence-electron chi connectivity index (χ3n) is 2.68. The third-order valence-corrected chi connectivity index (χ3v) is 3.67. The van der Waals surface area contributed by atoms with Crippen LogP contribution in [0.1, 0.15) is 34.1 Å². The third kappa shape index (κ3) is 4.52. The van der Waals surface area contributed by atoms with Gasteiger partial charge in [0.1, 0.15) is 11.4 Å². The quantitative estimate of drug-likeness (QED) is 0.581. The van der Waals surface area contributed by atoms with Crippen molar-refractivity contribution in [2.24, 2.45) is 0 Å². The van der Waals surface area contributed by atoms with Crippen LogP contribution in [-0.2, 0) is 19.0 Å². The van der Waals surface area contributed by atoms with E-state index < -0.39 is 27.3 Å². The number of nitrogens with zero attached hydrogens (tertiary/aromatic N) is 1. The number of carbonyl (C=O) groups excluding carboxylic acids is 1. The van der Waals surface area contributed by atoms with Crippen LogP contribution >= 0.6 is 0 Å². The Hall–Kier alpha value is -1.45. The first kappa shape index (κ1) is 18.6. The van der Waals surface area contributed by atoms with E-state index in [1.165, 1.54) is 0 Å². The molecule has 1 amide bonds. The molecule has 0 N–H and O–H groups in total. The summed E-state index contributed by atoms with van der Waals surface area (Å²) in [5.74, 6) is -0.384. The minimum atomic E-state index is -5.75. The van der Waals surface area contributed by atoms with Crippen molar-refractivity contribution in [3.8, 4) is 0 Å². The SMILES string of the molecule is CCC1=C(OS(=O)(=O)C(F)(F)F)CN(C(=O)OC(C)(C)C)C1. The van der Waals surface area contributed by atoms with E-state index in [1.807, 2.05) is 0 Å². The van der Waals surface area contributed by atoms with Gasteiger partial charge in [-0.3, -0.25) is 4.90 Å². The van der Waals surface area contributed by atoms with Gasteiger partial charge < -0.3 is 8.92 Å². The highest BCUT2D eigenvalue weighted by Crippen LogP contribution is 2.31. The topological polar surface area (TPSA) is 72.9 Å². The monoisotopic (exact) mass is 345 g/mol. The summed E-state index contributed by atoms with van der Waals surface area (Å²) in [6.45, 7) is 6.13. The molecule has 0 aliphatic carbocycles. The molecule has 0 spiro atoms. The molecule has 0 aromatic rings. The van der Waals surface area contributed by atoms with Crippen LogP contribution in [0, 0.1) is 0 Å². The van der Waals surface area contributed by atoms with E-state index in [0.717, 1.165) is 4.90 Å². The Morgan fingerprint density at radius 2 is 1.77 bits per heavy atom. The number of hydrogen-bond donors (Lipinski definition) is 0. The molecule has 0 fully saturated rings. The van der Waals surface area contributed by atoms with Gasteiger partial charge in [0.2, 0.25) is 0 Å². The first-order valence-corrected chi connectivity index (χ1v) is 7.87. The zero-order valence-corrected chi connectivity index (χ0v) is 13.5. The molecule has 22 heavy (non-hydrogen) atoms. The minimum absolute atomic E-state index is 0.0336. The Bertz CT molecular complexity index is 575. The average molecular weight is 345 g/mol. The standard InChI is InChI=1S/C12H18F3NO5S/c1-5-8-6-16(10(17)20-11(2,3)4)7-9(8)21-22(18,19)12(13,14)15/h5-7H2,1-4H3. The highest BCUT2D eigenvalue weighted by Gasteiger charge is 2.49. The lowest BCUT2D eigenvalue weighted by Gasteiger charge is -2.24. The van der Waals surface area contributed by atoms with E-state index in [9.17, 15) is 26.4 Å². The molecule has 0 aromatic heterocycles. The maximum atomic E-state index is 12.4. The van der Waals surface area contributed by atoms with E-state index in [4.69, 9.17) is 4.74 Å². The molecule has 1 aliphatic rings. The van der Waals surface area contributed by atoms with Gasteiger partial charge in [0.15, 0.2) is 0 Å². The summed E-state index contributed by atoms with van der Waals surface area (Å²) in [5, 5.41) is 0. The fraction of sp³-hybridized carbons (Fsp3) is 0.750. The molecule has 0 saturated heterocycles. The van der Waals surface area contributed by atoms with Crippen LogP contribution in [0.4, 0.5) is 18.0 Å². The van der Waals surface area contributed by atoms with Crippen LogP contribution in [0.15, 0.2) is 11.3 Å². The lowest BCUT2D eigenvalue weighted by Crippen LogP contribution is -2.36. The van der Waals surface area contributed by atoms with Gasteiger partial charge in [0.05, 0.1) is 6.54 Å². The lowest BCUT2D eigenvalue weighted by atomic mass is 10.2. The molecule has 1 rings (SSSR count). The smallest absolute Gasteiger partial charge is 0.444 e. The Kier molecular flexibility index (Phi) is 5.05. The molecule has 0 bridgehead atoms. The molecule has 0 radical (unpaired) electrons. The van der Waals surface area contributed by atoms with Gasteiger partial charge in [0, 0.05) is 6.54 Å². The van der Waals surface area contributed by atoms with Crippen molar-refractivity contribution in [3.05, 3.63) is 11.3 Å². The molecule has 0 unspecified atom stereocenters. The van der Waals surface area contributed by atoms with Crippen LogP contribution < -0.4 is 0 Å². The van der Waals surface area contributed by atoms with E-state index >= 15 is 0 Å². The van der Waals surface area contributed by atoms with Crippen molar-refractivity contribution in [2.75, 3.05) is 13.1 Å². The molecular formula is C12H18F3NO5S. The molecule has 0 saturated carbocycles. The number of alkyl halides is 3. The zero-order chi connectivity index (χ0) is 17.3. The second-order valence-electron chi connectivity index (χ2n) is 5.70. The van der Waals surface area contributed by atoms with Crippen molar-refractivity contribution < 1.29 is 35.3 Å². The predicted octanol–water partition coefficient (Wildman–Crippen LogP) is 2.77. The van der Waals surface area contributed by atoms with Crippen LogP contribution in [-0.4, -0.2) is 43.6 Å². The number of halogens is 3. The number of carbonyl (C=O) groups is 1. The summed E-state index contributed by atoms with van der Waals surface area (Å²) in [4.78, 5) is 13.0. The highest BCUT2D eigenvalue weighted by molar-refractivity contribution is 7.87. The van der Waals surface area contributed by atoms with Crippen LogP contribution in [0.3, 0.4) is 0 Å². The molecule has 0 atom stereocenters. The van der Waals surface area contributed by atoms with E-state index in [0.29, 0.717) is 5.57 Å². The van der Waals surface area contributed by atoms with Crippen LogP contribution in [0.2, 0.25) is 0 Å². The summed E-state index contributed by atoms with van der Waals surface area (Å²) in [6.07, 6.45) is -0.497. The molecule has 6 nitrogen and oxygen atoms in total. The Morgan fingerprint density at radius 3 is 2.18 bits per heavy atom. The summed E-state index contributed by atoms with van der Waals surface area (Å²) in [6, 6.07) is 0. The summed E-state index contributed by atoms with van der Waals surface area (Å²) in [7, 11) is -5.75. The van der Waals surface area contributed by atoms with Gasteiger partial charge in [-0.2, -0.15) is 21.6 Å². The molecule has 1 heterocycles. The number of hydrogen-bond acceptors (Lipinski definition) is 5. The first-order chi connectivity index (χ1) is 9.77. The molecule has 10 heteroatoms. The highest BCUT2D eigenvalue weighted by atomic mass is 32.2. The van der Waals surface area contributed by atoms with Gasteiger partial charge in [-0.05, 0) is 32.8 Å². The second-order valence-corrected chi connectivity index (χ2v) is 7.24. The second kappa shape index (κ2) is 5.98. The number of rotatable bonds is 3. The Balaban J connectivity index is 2.87. The number of amides is 1. The summed E-state index contributed by atoms with van der Waals surface area (Å²) >= 11 is 0. The average Bonchev–Trinajstić information content (AvgIpc) is 2.67. The fourth-order valence-electron chi connectivity index (χ4n) is 1.69. The Morgan fingerprint density at radius 1 is 1.23 bits per heavy atom. The van der Waals surface area contributed by atoms with E-state index in [1.54, 1.807) is 27.7 Å². The summed E-state index contributed by atoms with van der Waals surface area (Å²) in [5.41, 5.74) is -5.98. The zero-order valence-electron chi connectivity index (χ0n) is 12.7. The van der Waals surface area contributed by atoms with Crippen molar-refractivity contribution in [1.29, 1.82) is 0 Å². The van der Waals surface area contributed by atoms with Gasteiger partial charge in [0.25, 0.3) is 0 Å². The molecule has 128 valence electrons. The van der Waals surface area contributed by atoms with Crippen LogP contribution in [0.5, 0.6) is 0 Å². The maximum absolute atomic E-state index is 12.4. The van der Waals surface area contributed by atoms with Crippen molar-refractivity contribution >= 4 is 16.2 Å². The van der Waals surface area contributed by atoms with Gasteiger partial charge in [-0.15, -0.1) is 0 Å². The largest absolute Gasteiger partial charge is 0.534 e. The van der Waals surface area contributed by atoms with Crippen molar-refractivity contribution in [3.63, 3.8) is 0 Å². The molecule has 0 aromatic carbocycles. The van der Waals surface area contributed by atoms with E-state index in [2.05, 4.69) is 4.18 Å². The number of ether oxygens (including phenoxy) is 1. The normalized spacial score (nSPS) is 17.0. The van der Waals surface area contributed by atoms with Gasteiger partial charge in [-0.25, -0.2) is 4.79 Å². The molecular weight excluding hydrogens is 327 g/mol. The minimum Gasteiger partial charge on any atom is -0.444 e. The Labute approximate surface area is 127 Å². The lowest BCUT2D eigenvalue weighted by molar-refractivity contribution is -0.0523. The van der Waals surface area contributed by atoms with Crippen LogP contribution in [0.25, 0.3) is 0 Å². The van der Waals surface area contributed by atoms with Crippen molar-refractivity contribution in [2.45, 2.75) is 45.2 Å². The van der Waals surface area contributed by atoms with Gasteiger partial charge in [-0.1, -0.05) is 6.92 Å². The molecule has 1 aliphatic heterocycles. The fourth-order valence-corrected chi connectivity index (χ4v) is 2.22. The maximum Gasteiger partial charge on any atom is 0.534 e. The summed E-state index contributed by atoms with van der Waals surface area (Å²) < 4.78 is 68.4. The first-order valence-electron chi connectivity index (χ1n) is 6.46. The van der Waals surface area contributed by atoms with E-state index in [-0.39, 0.29) is 25.3 Å². The predicted molar refractivity (Wildman–Crippen MR) is 71.2 cm³/mol.